The molecule has 0 saturated carbocycles. The monoisotopic (exact) mass is 372 g/mol. The minimum absolute atomic E-state index is 0.0501. The molecule has 144 valence electrons. The highest BCUT2D eigenvalue weighted by Crippen LogP contribution is 2.30. The lowest BCUT2D eigenvalue weighted by Crippen LogP contribution is -2.38. The van der Waals surface area contributed by atoms with E-state index in [1.54, 1.807) is 18.7 Å². The molecule has 0 unspecified atom stereocenters. The highest BCUT2D eigenvalue weighted by molar-refractivity contribution is 5.79. The summed E-state index contributed by atoms with van der Waals surface area (Å²) in [6, 6.07) is 0. The Morgan fingerprint density at radius 3 is 2.78 bits per heavy atom. The maximum atomic E-state index is 12.7. The van der Waals surface area contributed by atoms with Gasteiger partial charge in [0.1, 0.15) is 17.3 Å². The van der Waals surface area contributed by atoms with E-state index < -0.39 is 0 Å². The topological polar surface area (TPSA) is 101 Å². The van der Waals surface area contributed by atoms with Crippen molar-refractivity contribution in [2.24, 2.45) is 0 Å². The molecule has 0 aromatic carbocycles. The molecule has 1 saturated heterocycles. The van der Waals surface area contributed by atoms with Gasteiger partial charge < -0.3 is 19.0 Å². The highest BCUT2D eigenvalue weighted by atomic mass is 16.5. The number of nitrogens with zero attached hydrogens (tertiary/aromatic N) is 3. The average Bonchev–Trinajstić information content (AvgIpc) is 3.08. The number of hydrogen-bond acceptors (Lipinski definition) is 6. The number of nitrogens with one attached hydrogen (secondary N) is 1. The van der Waals surface area contributed by atoms with Gasteiger partial charge >= 0.3 is 0 Å². The van der Waals surface area contributed by atoms with Crippen molar-refractivity contribution < 1.29 is 13.9 Å². The first kappa shape index (κ1) is 17.9. The van der Waals surface area contributed by atoms with E-state index >= 15 is 0 Å². The summed E-state index contributed by atoms with van der Waals surface area (Å²) in [4.78, 5) is 38.2. The van der Waals surface area contributed by atoms with Gasteiger partial charge in [-0.05, 0) is 26.7 Å². The Morgan fingerprint density at radius 1 is 1.26 bits per heavy atom. The zero-order chi connectivity index (χ0) is 19.0. The Morgan fingerprint density at radius 2 is 2.04 bits per heavy atom. The molecule has 0 atom stereocenters. The Kier molecular flexibility index (Phi) is 4.82. The molecule has 0 spiro atoms. The Balaban J connectivity index is 1.47. The number of rotatable bonds is 3. The third kappa shape index (κ3) is 3.66. The number of aromatic amines is 1. The molecule has 4 heterocycles. The first-order chi connectivity index (χ1) is 13.0. The standard InChI is InChI=1S/C19H24N4O4/c1-11-14(18(25)21-12(2)20-11)9-17(24)23-6-3-16-15(10-23)22-19(27-16)13-4-7-26-8-5-13/h13H,3-10H2,1-2H3,(H,20,21,25). The molecule has 8 nitrogen and oxygen atoms in total. The van der Waals surface area contributed by atoms with Gasteiger partial charge in [-0.1, -0.05) is 0 Å². The molecule has 2 aliphatic rings. The number of carbonyl (C=O) groups is 1. The van der Waals surface area contributed by atoms with Gasteiger partial charge in [-0.2, -0.15) is 0 Å². The summed E-state index contributed by atoms with van der Waals surface area (Å²) in [6.07, 6.45) is 2.54. The molecule has 1 N–H and O–H groups in total. The number of carbonyl (C=O) groups excluding carboxylic acids is 1. The second-order valence-corrected chi connectivity index (χ2v) is 7.27. The molecule has 0 radical (unpaired) electrons. The van der Waals surface area contributed by atoms with Crippen LogP contribution in [-0.4, -0.2) is 45.5 Å². The van der Waals surface area contributed by atoms with Gasteiger partial charge in [0.25, 0.3) is 5.56 Å². The molecule has 1 amide bonds. The van der Waals surface area contributed by atoms with E-state index in [9.17, 15) is 9.59 Å². The number of ether oxygens (including phenoxy) is 1. The zero-order valence-corrected chi connectivity index (χ0v) is 15.7. The van der Waals surface area contributed by atoms with Crippen molar-refractivity contribution in [3.05, 3.63) is 44.8 Å². The van der Waals surface area contributed by atoms with E-state index in [0.29, 0.717) is 42.5 Å². The van der Waals surface area contributed by atoms with E-state index in [0.717, 1.165) is 43.4 Å². The van der Waals surface area contributed by atoms with Gasteiger partial charge in [-0.25, -0.2) is 9.97 Å². The van der Waals surface area contributed by atoms with Gasteiger partial charge in [0, 0.05) is 43.4 Å². The molecule has 2 aromatic heterocycles. The summed E-state index contributed by atoms with van der Waals surface area (Å²) < 4.78 is 11.4. The Hall–Kier alpha value is -2.48. The fourth-order valence-electron chi connectivity index (χ4n) is 3.77. The molecule has 2 aromatic rings. The smallest absolute Gasteiger partial charge is 0.254 e. The van der Waals surface area contributed by atoms with E-state index in [-0.39, 0.29) is 17.9 Å². The zero-order valence-electron chi connectivity index (χ0n) is 15.7. The van der Waals surface area contributed by atoms with Gasteiger partial charge in [-0.15, -0.1) is 0 Å². The Bertz CT molecular complexity index is 911. The van der Waals surface area contributed by atoms with Crippen molar-refractivity contribution in [2.75, 3.05) is 19.8 Å². The molecular formula is C19H24N4O4. The second kappa shape index (κ2) is 7.26. The normalized spacial score (nSPS) is 17.8. The summed E-state index contributed by atoms with van der Waals surface area (Å²) >= 11 is 0. The maximum Gasteiger partial charge on any atom is 0.254 e. The molecule has 4 rings (SSSR count). The van der Waals surface area contributed by atoms with Gasteiger partial charge in [0.15, 0.2) is 5.89 Å². The van der Waals surface area contributed by atoms with Crippen LogP contribution in [0, 0.1) is 13.8 Å². The largest absolute Gasteiger partial charge is 0.445 e. The van der Waals surface area contributed by atoms with Crippen LogP contribution in [0.2, 0.25) is 0 Å². The van der Waals surface area contributed by atoms with E-state index in [1.165, 1.54) is 0 Å². The number of hydrogen-bond donors (Lipinski definition) is 1. The molecule has 27 heavy (non-hydrogen) atoms. The number of oxazole rings is 1. The molecule has 0 bridgehead atoms. The van der Waals surface area contributed by atoms with Crippen LogP contribution in [0.3, 0.4) is 0 Å². The molecule has 8 heteroatoms. The average molecular weight is 372 g/mol. The van der Waals surface area contributed by atoms with Crippen molar-refractivity contribution in [3.8, 4) is 0 Å². The summed E-state index contributed by atoms with van der Waals surface area (Å²) in [6.45, 7) is 5.97. The third-order valence-electron chi connectivity index (χ3n) is 5.34. The van der Waals surface area contributed by atoms with Crippen molar-refractivity contribution in [1.29, 1.82) is 0 Å². The molecular weight excluding hydrogens is 348 g/mol. The fraction of sp³-hybridized carbons (Fsp3) is 0.579. The SMILES string of the molecule is Cc1nc(C)c(CC(=O)N2CCc3oc(C4CCOCC4)nc3C2)c(=O)[nH]1. The van der Waals surface area contributed by atoms with E-state index in [2.05, 4.69) is 15.0 Å². The summed E-state index contributed by atoms with van der Waals surface area (Å²) in [5, 5.41) is 0. The quantitative estimate of drug-likeness (QED) is 0.874. The molecule has 2 aliphatic heterocycles. The molecule has 1 fully saturated rings. The van der Waals surface area contributed by atoms with Crippen molar-refractivity contribution in [3.63, 3.8) is 0 Å². The van der Waals surface area contributed by atoms with Crippen LogP contribution in [0.25, 0.3) is 0 Å². The predicted molar refractivity (Wildman–Crippen MR) is 96.5 cm³/mol. The minimum Gasteiger partial charge on any atom is -0.445 e. The molecule has 0 aliphatic carbocycles. The van der Waals surface area contributed by atoms with Gasteiger partial charge in [-0.3, -0.25) is 9.59 Å². The lowest BCUT2D eigenvalue weighted by atomic mass is 10.0. The number of H-pyrrole nitrogens is 1. The van der Waals surface area contributed by atoms with Crippen LogP contribution in [0.4, 0.5) is 0 Å². The lowest BCUT2D eigenvalue weighted by Gasteiger charge is -2.25. The summed E-state index contributed by atoms with van der Waals surface area (Å²) in [5.41, 5.74) is 1.63. The Labute approximate surface area is 157 Å². The van der Waals surface area contributed by atoms with Crippen LogP contribution in [0.15, 0.2) is 9.21 Å². The summed E-state index contributed by atoms with van der Waals surface area (Å²) in [7, 11) is 0. The van der Waals surface area contributed by atoms with Gasteiger partial charge in [0.2, 0.25) is 5.91 Å². The number of aromatic nitrogens is 3. The third-order valence-corrected chi connectivity index (χ3v) is 5.34. The van der Waals surface area contributed by atoms with Crippen molar-refractivity contribution in [2.45, 2.75) is 52.0 Å². The number of fused-ring (bicyclic) bond motifs is 1. The van der Waals surface area contributed by atoms with Crippen molar-refractivity contribution in [1.82, 2.24) is 19.9 Å². The predicted octanol–water partition coefficient (Wildman–Crippen LogP) is 1.40. The summed E-state index contributed by atoms with van der Waals surface area (Å²) in [5.74, 6) is 2.42. The van der Waals surface area contributed by atoms with Crippen LogP contribution in [0.5, 0.6) is 0 Å². The maximum absolute atomic E-state index is 12.7. The van der Waals surface area contributed by atoms with E-state index in [1.807, 2.05) is 0 Å². The minimum atomic E-state index is -0.241. The first-order valence-corrected chi connectivity index (χ1v) is 9.41. The van der Waals surface area contributed by atoms with Gasteiger partial charge in [0.05, 0.1) is 13.0 Å². The van der Waals surface area contributed by atoms with Crippen LogP contribution < -0.4 is 5.56 Å². The number of amides is 1. The first-order valence-electron chi connectivity index (χ1n) is 9.41. The second-order valence-electron chi connectivity index (χ2n) is 7.27. The van der Waals surface area contributed by atoms with Crippen LogP contribution >= 0.6 is 0 Å². The highest BCUT2D eigenvalue weighted by Gasteiger charge is 2.29. The van der Waals surface area contributed by atoms with Crippen molar-refractivity contribution >= 4 is 5.91 Å². The van der Waals surface area contributed by atoms with Crippen LogP contribution in [0.1, 0.15) is 53.2 Å². The number of aryl methyl sites for hydroxylation is 2. The van der Waals surface area contributed by atoms with E-state index in [4.69, 9.17) is 9.15 Å². The fourth-order valence-corrected chi connectivity index (χ4v) is 3.77. The van der Waals surface area contributed by atoms with Crippen LogP contribution in [-0.2, 0) is 28.9 Å². The lowest BCUT2D eigenvalue weighted by molar-refractivity contribution is -0.131.